The summed E-state index contributed by atoms with van der Waals surface area (Å²) in [4.78, 5) is 31.0. The van der Waals surface area contributed by atoms with E-state index in [1.54, 1.807) is 24.3 Å². The van der Waals surface area contributed by atoms with Crippen molar-refractivity contribution in [1.82, 2.24) is 10.1 Å². The Morgan fingerprint density at radius 2 is 1.72 bits per heavy atom. The summed E-state index contributed by atoms with van der Waals surface area (Å²) in [5.41, 5.74) is 1.11. The van der Waals surface area contributed by atoms with Crippen molar-refractivity contribution in [3.05, 3.63) is 84.4 Å². The van der Waals surface area contributed by atoms with Gasteiger partial charge >= 0.3 is 6.18 Å². The molecule has 1 aliphatic rings. The molecule has 10 heteroatoms. The summed E-state index contributed by atoms with van der Waals surface area (Å²) < 4.78 is 44.5. The minimum atomic E-state index is -4.53. The fraction of sp³-hybridized carbons (Fsp3) is 0.154. The Labute approximate surface area is 203 Å². The highest BCUT2D eigenvalue weighted by molar-refractivity contribution is 6.03. The molecule has 36 heavy (non-hydrogen) atoms. The van der Waals surface area contributed by atoms with Gasteiger partial charge in [0, 0.05) is 35.5 Å². The lowest BCUT2D eigenvalue weighted by Gasteiger charge is -2.18. The Hall–Kier alpha value is -4.47. The summed E-state index contributed by atoms with van der Waals surface area (Å²) in [7, 11) is 0. The highest BCUT2D eigenvalue weighted by Gasteiger charge is 2.37. The molecule has 1 atom stereocenters. The number of anilines is 2. The molecule has 0 spiro atoms. The molecule has 1 saturated heterocycles. The second kappa shape index (κ2) is 9.29. The second-order valence-electron chi connectivity index (χ2n) is 8.31. The highest BCUT2D eigenvalue weighted by atomic mass is 19.4. The van der Waals surface area contributed by atoms with Crippen molar-refractivity contribution in [2.24, 2.45) is 5.92 Å². The van der Waals surface area contributed by atoms with Crippen LogP contribution in [0.15, 0.2) is 83.4 Å². The molecular formula is C26H19F3N4O3. The van der Waals surface area contributed by atoms with Crippen LogP contribution in [0.2, 0.25) is 0 Å². The van der Waals surface area contributed by atoms with Gasteiger partial charge < -0.3 is 14.7 Å². The number of rotatable bonds is 5. The minimum absolute atomic E-state index is 0.0181. The number of hydrogen-bond acceptors (Lipinski definition) is 5. The van der Waals surface area contributed by atoms with Gasteiger partial charge in [0.15, 0.2) is 0 Å². The van der Waals surface area contributed by atoms with Gasteiger partial charge in [-0.1, -0.05) is 47.6 Å². The zero-order valence-electron chi connectivity index (χ0n) is 18.7. The highest BCUT2D eigenvalue weighted by Crippen LogP contribution is 2.34. The summed E-state index contributed by atoms with van der Waals surface area (Å²) in [5.74, 6) is -0.840. The van der Waals surface area contributed by atoms with Gasteiger partial charge in [0.25, 0.3) is 5.89 Å². The number of halogens is 3. The van der Waals surface area contributed by atoms with Crippen LogP contribution in [-0.4, -0.2) is 28.5 Å². The van der Waals surface area contributed by atoms with Crippen molar-refractivity contribution in [2.45, 2.75) is 12.6 Å². The molecule has 1 N–H and O–H groups in total. The zero-order valence-corrected chi connectivity index (χ0v) is 18.7. The second-order valence-corrected chi connectivity index (χ2v) is 8.31. The van der Waals surface area contributed by atoms with E-state index in [2.05, 4.69) is 15.5 Å². The monoisotopic (exact) mass is 492 g/mol. The van der Waals surface area contributed by atoms with Crippen molar-refractivity contribution in [1.29, 1.82) is 0 Å². The van der Waals surface area contributed by atoms with Crippen LogP contribution in [0.25, 0.3) is 22.8 Å². The number of hydrogen-bond donors (Lipinski definition) is 1. The van der Waals surface area contributed by atoms with Crippen LogP contribution in [0.1, 0.15) is 12.0 Å². The van der Waals surface area contributed by atoms with Gasteiger partial charge in [0.2, 0.25) is 17.6 Å². The largest absolute Gasteiger partial charge is 0.416 e. The van der Waals surface area contributed by atoms with Crippen LogP contribution < -0.4 is 10.2 Å². The van der Waals surface area contributed by atoms with Crippen molar-refractivity contribution in [2.75, 3.05) is 16.8 Å². The van der Waals surface area contributed by atoms with Crippen LogP contribution in [-0.2, 0) is 15.8 Å². The van der Waals surface area contributed by atoms with Gasteiger partial charge in [-0.3, -0.25) is 9.59 Å². The minimum Gasteiger partial charge on any atom is -0.334 e. The molecule has 0 unspecified atom stereocenters. The topological polar surface area (TPSA) is 88.3 Å². The number of alkyl halides is 3. The summed E-state index contributed by atoms with van der Waals surface area (Å²) in [5, 5.41) is 6.77. The van der Waals surface area contributed by atoms with Gasteiger partial charge in [0.1, 0.15) is 0 Å². The number of aromatic nitrogens is 2. The molecule has 0 aliphatic carbocycles. The molecule has 2 amide bonds. The normalized spacial score (nSPS) is 15.8. The first-order chi connectivity index (χ1) is 17.3. The lowest BCUT2D eigenvalue weighted by Crippen LogP contribution is -2.28. The van der Waals surface area contributed by atoms with Gasteiger partial charge in [-0.15, -0.1) is 0 Å². The third-order valence-electron chi connectivity index (χ3n) is 5.82. The molecule has 0 saturated carbocycles. The Bertz CT molecular complexity index is 1420. The zero-order chi connectivity index (χ0) is 25.3. The molecule has 2 heterocycles. The van der Waals surface area contributed by atoms with E-state index in [1.807, 2.05) is 30.3 Å². The smallest absolute Gasteiger partial charge is 0.334 e. The molecule has 0 bridgehead atoms. The van der Waals surface area contributed by atoms with Crippen molar-refractivity contribution >= 4 is 23.2 Å². The van der Waals surface area contributed by atoms with E-state index in [0.29, 0.717) is 17.1 Å². The van der Waals surface area contributed by atoms with Crippen LogP contribution in [0, 0.1) is 5.92 Å². The van der Waals surface area contributed by atoms with Crippen molar-refractivity contribution < 1.29 is 27.3 Å². The van der Waals surface area contributed by atoms with E-state index < -0.39 is 29.5 Å². The van der Waals surface area contributed by atoms with Gasteiger partial charge in [-0.05, 0) is 36.4 Å². The van der Waals surface area contributed by atoms with E-state index in [0.717, 1.165) is 17.7 Å². The van der Waals surface area contributed by atoms with Gasteiger partial charge in [-0.2, -0.15) is 18.2 Å². The lowest BCUT2D eigenvalue weighted by atomic mass is 10.1. The molecule has 5 rings (SSSR count). The van der Waals surface area contributed by atoms with Crippen LogP contribution >= 0.6 is 0 Å². The Morgan fingerprint density at radius 3 is 2.50 bits per heavy atom. The van der Waals surface area contributed by atoms with E-state index in [1.165, 1.54) is 17.0 Å². The third-order valence-corrected chi connectivity index (χ3v) is 5.82. The Balaban J connectivity index is 1.28. The number of nitrogens with one attached hydrogen (secondary N) is 1. The molecule has 3 aromatic carbocycles. The van der Waals surface area contributed by atoms with Gasteiger partial charge in [-0.25, -0.2) is 0 Å². The predicted octanol–water partition coefficient (Wildman–Crippen LogP) is 5.41. The summed E-state index contributed by atoms with van der Waals surface area (Å²) in [6, 6.07) is 20.7. The Kier molecular flexibility index (Phi) is 6.01. The first-order valence-electron chi connectivity index (χ1n) is 11.1. The van der Waals surface area contributed by atoms with Crippen LogP contribution in [0.4, 0.5) is 24.5 Å². The van der Waals surface area contributed by atoms with Crippen molar-refractivity contribution in [3.8, 4) is 22.8 Å². The van der Waals surface area contributed by atoms with E-state index in [4.69, 9.17) is 4.52 Å². The number of carbonyl (C=O) groups excluding carboxylic acids is 2. The Morgan fingerprint density at radius 1 is 0.972 bits per heavy atom. The SMILES string of the molecule is O=C(Nc1cccc(-c2nc(-c3ccccc3)no2)c1)[C@@H]1CC(=O)N(c2cccc(C(F)(F)F)c2)C1. The van der Waals surface area contributed by atoms with E-state index in [9.17, 15) is 22.8 Å². The predicted molar refractivity (Wildman–Crippen MR) is 126 cm³/mol. The van der Waals surface area contributed by atoms with E-state index in [-0.39, 0.29) is 24.5 Å². The fourth-order valence-corrected chi connectivity index (χ4v) is 4.00. The summed E-state index contributed by atoms with van der Waals surface area (Å²) >= 11 is 0. The first-order valence-corrected chi connectivity index (χ1v) is 11.1. The molecule has 1 aromatic heterocycles. The van der Waals surface area contributed by atoms with Crippen molar-refractivity contribution in [3.63, 3.8) is 0 Å². The summed E-state index contributed by atoms with van der Waals surface area (Å²) in [6.45, 7) is -0.0181. The number of nitrogens with zero attached hydrogens (tertiary/aromatic N) is 3. The molecule has 4 aromatic rings. The van der Waals surface area contributed by atoms with Gasteiger partial charge in [0.05, 0.1) is 11.5 Å². The number of amides is 2. The molecule has 7 nitrogen and oxygen atoms in total. The standard InChI is InChI=1S/C26H19F3N4O3/c27-26(28,29)19-9-5-11-21(14-19)33-15-18(13-22(33)34)24(35)30-20-10-4-8-17(12-20)25-31-23(32-36-25)16-6-2-1-3-7-16/h1-12,14,18H,13,15H2,(H,30,35)/t18-/m1/s1. The average Bonchev–Trinajstić information content (AvgIpc) is 3.52. The number of carbonyl (C=O) groups is 2. The van der Waals surface area contributed by atoms with Crippen LogP contribution in [0.3, 0.4) is 0 Å². The molecule has 182 valence electrons. The molecule has 1 fully saturated rings. The molecule has 1 aliphatic heterocycles. The quantitative estimate of drug-likeness (QED) is 0.402. The maximum Gasteiger partial charge on any atom is 0.416 e. The first kappa shape index (κ1) is 23.3. The summed E-state index contributed by atoms with van der Waals surface area (Å²) in [6.07, 6.45) is -4.63. The average molecular weight is 492 g/mol. The van der Waals surface area contributed by atoms with E-state index >= 15 is 0 Å². The van der Waals surface area contributed by atoms with Crippen LogP contribution in [0.5, 0.6) is 0 Å². The third kappa shape index (κ3) is 4.83. The maximum absolute atomic E-state index is 13.1. The lowest BCUT2D eigenvalue weighted by molar-refractivity contribution is -0.137. The maximum atomic E-state index is 13.1. The number of benzene rings is 3. The molecule has 0 radical (unpaired) electrons. The fourth-order valence-electron chi connectivity index (χ4n) is 4.00. The molecular weight excluding hydrogens is 473 g/mol.